The lowest BCUT2D eigenvalue weighted by Gasteiger charge is -2.16. The molecule has 1 N–H and O–H groups in total. The van der Waals surface area contributed by atoms with Crippen LogP contribution in [0.2, 0.25) is 0 Å². The fourth-order valence-electron chi connectivity index (χ4n) is 4.12. The van der Waals surface area contributed by atoms with Gasteiger partial charge in [-0.25, -0.2) is 8.42 Å². The van der Waals surface area contributed by atoms with E-state index < -0.39 is 10.0 Å². The smallest absolute Gasteiger partial charge is 0.252 e. The van der Waals surface area contributed by atoms with Gasteiger partial charge in [-0.3, -0.25) is 9.78 Å². The second kappa shape index (κ2) is 8.77. The van der Waals surface area contributed by atoms with Crippen LogP contribution in [0.25, 0.3) is 10.9 Å². The van der Waals surface area contributed by atoms with E-state index in [-0.39, 0.29) is 5.91 Å². The molecule has 0 radical (unpaired) electrons. The van der Waals surface area contributed by atoms with E-state index in [0.717, 1.165) is 47.0 Å². The van der Waals surface area contributed by atoms with E-state index >= 15 is 0 Å². The lowest BCUT2D eigenvalue weighted by Crippen LogP contribution is -2.28. The maximum absolute atomic E-state index is 13.1. The largest absolute Gasteiger partial charge is 0.348 e. The van der Waals surface area contributed by atoms with E-state index in [2.05, 4.69) is 10.3 Å². The van der Waals surface area contributed by atoms with Crippen molar-refractivity contribution in [1.82, 2.24) is 14.6 Å². The first-order valence-corrected chi connectivity index (χ1v) is 12.1. The Morgan fingerprint density at radius 3 is 2.42 bits per heavy atom. The van der Waals surface area contributed by atoms with Crippen LogP contribution < -0.4 is 5.32 Å². The van der Waals surface area contributed by atoms with Crippen molar-refractivity contribution in [3.63, 3.8) is 0 Å². The maximum atomic E-state index is 13.1. The fourth-order valence-corrected chi connectivity index (χ4v) is 5.64. The number of aromatic nitrogens is 1. The van der Waals surface area contributed by atoms with Crippen molar-refractivity contribution in [2.75, 3.05) is 13.1 Å². The lowest BCUT2D eigenvalue weighted by atomic mass is 9.99. The lowest BCUT2D eigenvalue weighted by molar-refractivity contribution is 0.0951. The van der Waals surface area contributed by atoms with E-state index in [0.29, 0.717) is 30.1 Å². The molecule has 162 valence electrons. The third-order valence-corrected chi connectivity index (χ3v) is 7.79. The second-order valence-electron chi connectivity index (χ2n) is 7.87. The van der Waals surface area contributed by atoms with Crippen LogP contribution in [0.15, 0.2) is 53.4 Å². The number of nitrogens with zero attached hydrogens (tertiary/aromatic N) is 2. The van der Waals surface area contributed by atoms with Gasteiger partial charge in [0.15, 0.2) is 0 Å². The van der Waals surface area contributed by atoms with E-state index in [9.17, 15) is 13.2 Å². The standard InChI is InChI=1S/C24H27N3O3S/c1-3-21-17(2)23(20-8-4-5-9-22(20)26-21)24(28)25-16-18-10-12-19(13-11-18)31(29,30)27-14-6-7-15-27/h4-5,8-13H,3,6-7,14-16H2,1-2H3,(H,25,28). The topological polar surface area (TPSA) is 79.4 Å². The predicted molar refractivity (Wildman–Crippen MR) is 121 cm³/mol. The predicted octanol–water partition coefficient (Wildman–Crippen LogP) is 3.82. The van der Waals surface area contributed by atoms with Gasteiger partial charge in [0.1, 0.15) is 0 Å². The average Bonchev–Trinajstić information content (AvgIpc) is 3.33. The highest BCUT2D eigenvalue weighted by atomic mass is 32.2. The van der Waals surface area contributed by atoms with Crippen molar-refractivity contribution in [1.29, 1.82) is 0 Å². The Morgan fingerprint density at radius 1 is 1.06 bits per heavy atom. The summed E-state index contributed by atoms with van der Waals surface area (Å²) in [7, 11) is -3.43. The number of hydrogen-bond donors (Lipinski definition) is 1. The van der Waals surface area contributed by atoms with Crippen LogP contribution in [0.5, 0.6) is 0 Å². The van der Waals surface area contributed by atoms with E-state index in [4.69, 9.17) is 0 Å². The number of pyridine rings is 1. The Balaban J connectivity index is 1.53. The van der Waals surface area contributed by atoms with Crippen LogP contribution in [0.1, 0.15) is 46.9 Å². The quantitative estimate of drug-likeness (QED) is 0.636. The molecule has 2 aromatic carbocycles. The molecule has 4 rings (SSSR count). The summed E-state index contributed by atoms with van der Waals surface area (Å²) in [5.41, 5.74) is 4.12. The zero-order chi connectivity index (χ0) is 22.0. The molecule has 1 fully saturated rings. The number of fused-ring (bicyclic) bond motifs is 1. The first kappa shape index (κ1) is 21.5. The number of para-hydroxylation sites is 1. The van der Waals surface area contributed by atoms with Crippen molar-refractivity contribution in [2.24, 2.45) is 0 Å². The zero-order valence-electron chi connectivity index (χ0n) is 17.9. The summed E-state index contributed by atoms with van der Waals surface area (Å²) in [6.45, 7) is 5.45. The van der Waals surface area contributed by atoms with Gasteiger partial charge < -0.3 is 5.32 Å². The molecule has 0 spiro atoms. The summed E-state index contributed by atoms with van der Waals surface area (Å²) in [6.07, 6.45) is 2.57. The number of aryl methyl sites for hydroxylation is 1. The van der Waals surface area contributed by atoms with E-state index in [1.54, 1.807) is 24.3 Å². The van der Waals surface area contributed by atoms with Gasteiger partial charge in [0, 0.05) is 30.7 Å². The van der Waals surface area contributed by atoms with Gasteiger partial charge >= 0.3 is 0 Å². The van der Waals surface area contributed by atoms with Crippen LogP contribution >= 0.6 is 0 Å². The highest BCUT2D eigenvalue weighted by Gasteiger charge is 2.27. The molecule has 0 bridgehead atoms. The third kappa shape index (κ3) is 4.20. The number of amides is 1. The minimum Gasteiger partial charge on any atom is -0.348 e. The average molecular weight is 438 g/mol. The molecular formula is C24H27N3O3S. The van der Waals surface area contributed by atoms with Gasteiger partial charge in [-0.15, -0.1) is 0 Å². The molecule has 31 heavy (non-hydrogen) atoms. The summed E-state index contributed by atoms with van der Waals surface area (Å²) in [6, 6.07) is 14.4. The van der Waals surface area contributed by atoms with Gasteiger partial charge in [-0.2, -0.15) is 4.31 Å². The first-order valence-electron chi connectivity index (χ1n) is 10.7. The van der Waals surface area contributed by atoms with Crippen molar-refractivity contribution in [3.8, 4) is 0 Å². The molecule has 0 unspecified atom stereocenters. The molecule has 2 heterocycles. The van der Waals surface area contributed by atoms with E-state index in [1.165, 1.54) is 4.31 Å². The summed E-state index contributed by atoms with van der Waals surface area (Å²) >= 11 is 0. The van der Waals surface area contributed by atoms with Crippen molar-refractivity contribution in [3.05, 3.63) is 70.9 Å². The summed E-state index contributed by atoms with van der Waals surface area (Å²) in [4.78, 5) is 18.1. The monoisotopic (exact) mass is 437 g/mol. The van der Waals surface area contributed by atoms with E-state index in [1.807, 2.05) is 38.1 Å². The van der Waals surface area contributed by atoms with Crippen molar-refractivity contribution < 1.29 is 13.2 Å². The molecule has 7 heteroatoms. The number of sulfonamides is 1. The molecule has 1 aliphatic heterocycles. The molecule has 0 saturated carbocycles. The molecular weight excluding hydrogens is 410 g/mol. The molecule has 1 aliphatic rings. The summed E-state index contributed by atoms with van der Waals surface area (Å²) in [5.74, 6) is -0.153. The Kier molecular flexibility index (Phi) is 6.07. The molecule has 1 saturated heterocycles. The fraction of sp³-hybridized carbons (Fsp3) is 0.333. The normalized spacial score (nSPS) is 14.8. The van der Waals surface area contributed by atoms with Crippen molar-refractivity contribution in [2.45, 2.75) is 44.6 Å². The van der Waals surface area contributed by atoms with Gasteiger partial charge in [0.25, 0.3) is 5.91 Å². The highest BCUT2D eigenvalue weighted by Crippen LogP contribution is 2.24. The van der Waals surface area contributed by atoms with Crippen LogP contribution in [0.4, 0.5) is 0 Å². The molecule has 6 nitrogen and oxygen atoms in total. The van der Waals surface area contributed by atoms with Crippen molar-refractivity contribution >= 4 is 26.8 Å². The van der Waals surface area contributed by atoms with Gasteiger partial charge in [0.05, 0.1) is 16.0 Å². The highest BCUT2D eigenvalue weighted by molar-refractivity contribution is 7.89. The SMILES string of the molecule is CCc1nc2ccccc2c(C(=O)NCc2ccc(S(=O)(=O)N3CCCC3)cc2)c1C. The third-order valence-electron chi connectivity index (χ3n) is 5.88. The summed E-state index contributed by atoms with van der Waals surface area (Å²) < 4.78 is 26.9. The maximum Gasteiger partial charge on any atom is 0.252 e. The number of rotatable bonds is 6. The van der Waals surface area contributed by atoms with Gasteiger partial charge in [-0.1, -0.05) is 37.3 Å². The molecule has 1 amide bonds. The summed E-state index contributed by atoms with van der Waals surface area (Å²) in [5, 5.41) is 3.82. The minimum atomic E-state index is -3.43. The number of nitrogens with one attached hydrogen (secondary N) is 1. The van der Waals surface area contributed by atoms with Crippen LogP contribution in [-0.4, -0.2) is 36.7 Å². The Hall–Kier alpha value is -2.77. The number of carbonyl (C=O) groups excluding carboxylic acids is 1. The number of carbonyl (C=O) groups is 1. The van der Waals surface area contributed by atoms with Crippen LogP contribution in [0.3, 0.4) is 0 Å². The Morgan fingerprint density at radius 2 is 1.74 bits per heavy atom. The molecule has 0 atom stereocenters. The van der Waals surface area contributed by atoms with Gasteiger partial charge in [-0.05, 0) is 55.5 Å². The molecule has 0 aliphatic carbocycles. The number of hydrogen-bond acceptors (Lipinski definition) is 4. The number of benzene rings is 2. The minimum absolute atomic E-state index is 0.153. The van der Waals surface area contributed by atoms with Crippen LogP contribution in [-0.2, 0) is 23.0 Å². The molecule has 1 aromatic heterocycles. The Labute approximate surface area is 183 Å². The first-order chi connectivity index (χ1) is 14.9. The second-order valence-corrected chi connectivity index (χ2v) is 9.80. The Bertz CT molecular complexity index is 1210. The van der Waals surface area contributed by atoms with Crippen LogP contribution in [0, 0.1) is 6.92 Å². The zero-order valence-corrected chi connectivity index (χ0v) is 18.7. The molecule has 3 aromatic rings. The van der Waals surface area contributed by atoms with Gasteiger partial charge in [0.2, 0.25) is 10.0 Å².